The lowest BCUT2D eigenvalue weighted by Crippen LogP contribution is -2.34. The molecule has 0 unspecified atom stereocenters. The molecule has 2 aromatic rings. The quantitative estimate of drug-likeness (QED) is 0.360. The first-order valence-corrected chi connectivity index (χ1v) is 8.69. The molecule has 0 saturated carbocycles. The maximum absolute atomic E-state index is 14.0. The van der Waals surface area contributed by atoms with E-state index in [1.54, 1.807) is 0 Å². The summed E-state index contributed by atoms with van der Waals surface area (Å²) in [5.41, 5.74) is 1.98. The minimum Gasteiger partial charge on any atom is -0.433 e. The highest BCUT2D eigenvalue weighted by Gasteiger charge is 2.57. The van der Waals surface area contributed by atoms with Gasteiger partial charge in [-0.25, -0.2) is 4.39 Å². The van der Waals surface area contributed by atoms with Gasteiger partial charge < -0.3 is 15.8 Å². The number of hydrogen-bond acceptors (Lipinski definition) is 3. The Kier molecular flexibility index (Phi) is 7.03. The molecular weight excluding hydrogens is 515 g/mol. The van der Waals surface area contributed by atoms with Crippen LogP contribution in [0.15, 0.2) is 34.8 Å². The highest BCUT2D eigenvalue weighted by atomic mass is 79.9. The van der Waals surface area contributed by atoms with Crippen LogP contribution in [0.3, 0.4) is 0 Å². The number of amides is 1. The molecule has 4 nitrogen and oxygen atoms in total. The van der Waals surface area contributed by atoms with Crippen LogP contribution in [0.4, 0.5) is 50.9 Å². The maximum Gasteiger partial charge on any atom is 0.404 e. The lowest BCUT2D eigenvalue weighted by Gasteiger charge is -2.25. The van der Waals surface area contributed by atoms with Crippen LogP contribution < -0.4 is 15.8 Å². The summed E-state index contributed by atoms with van der Waals surface area (Å²) in [6.45, 7) is -3.67. The number of alkyl halides is 8. The van der Waals surface area contributed by atoms with Crippen molar-refractivity contribution in [2.24, 2.45) is 0 Å². The highest BCUT2D eigenvalue weighted by Crippen LogP contribution is 2.49. The summed E-state index contributed by atoms with van der Waals surface area (Å²) in [6, 6.07) is 3.64. The molecule has 3 N–H and O–H groups in total. The Morgan fingerprint density at radius 1 is 1.06 bits per heavy atom. The fourth-order valence-corrected chi connectivity index (χ4v) is 3.11. The van der Waals surface area contributed by atoms with E-state index in [2.05, 4.69) is 20.7 Å². The molecule has 0 aliphatic rings. The number of rotatable bonds is 5. The predicted molar refractivity (Wildman–Crippen MR) is 94.4 cm³/mol. The van der Waals surface area contributed by atoms with Gasteiger partial charge in [0.1, 0.15) is 0 Å². The zero-order chi connectivity index (χ0) is 23.7. The van der Waals surface area contributed by atoms with E-state index in [-0.39, 0.29) is 6.07 Å². The molecule has 1 amide bonds. The van der Waals surface area contributed by atoms with Crippen LogP contribution in [0.5, 0.6) is 5.75 Å². The van der Waals surface area contributed by atoms with E-state index in [1.165, 1.54) is 6.07 Å². The number of anilines is 2. The van der Waals surface area contributed by atoms with Crippen molar-refractivity contribution in [1.82, 2.24) is 0 Å². The van der Waals surface area contributed by atoms with E-state index < -0.39 is 69.3 Å². The number of benzene rings is 2. The van der Waals surface area contributed by atoms with E-state index in [1.807, 2.05) is 5.32 Å². The van der Waals surface area contributed by atoms with E-state index in [9.17, 15) is 44.3 Å². The van der Waals surface area contributed by atoms with E-state index in [4.69, 9.17) is 5.73 Å². The zero-order valence-electron chi connectivity index (χ0n) is 14.7. The Morgan fingerprint density at radius 2 is 1.65 bits per heavy atom. The van der Waals surface area contributed by atoms with Crippen LogP contribution in [-0.2, 0) is 0 Å². The zero-order valence-corrected chi connectivity index (χ0v) is 16.3. The SMILES string of the molecule is Nc1cccc(C(=O)Nc2c(Br)cc(C(C(F)(F)F)C(F)(F)F)cc2OC(F)F)c1F. The summed E-state index contributed by atoms with van der Waals surface area (Å²) in [7, 11) is 0. The fraction of sp³-hybridized carbons (Fsp3) is 0.235. The molecule has 0 heterocycles. The van der Waals surface area contributed by atoms with Crippen LogP contribution in [0.1, 0.15) is 21.8 Å². The first-order valence-electron chi connectivity index (χ1n) is 7.90. The fourth-order valence-electron chi connectivity index (χ4n) is 2.55. The van der Waals surface area contributed by atoms with Crippen LogP contribution >= 0.6 is 15.9 Å². The van der Waals surface area contributed by atoms with Gasteiger partial charge in [0.05, 0.1) is 16.9 Å². The molecule has 0 aromatic heterocycles. The Balaban J connectivity index is 2.58. The molecule has 14 heteroatoms. The standard InChI is InChI=1S/C17H10BrF9N2O2/c18-8-4-6(13(16(22,23)24)17(25,26)27)5-10(31-15(20)21)12(8)29-14(30)7-2-1-3-9(28)11(7)19/h1-5,13,15H,28H2,(H,29,30). The first kappa shape index (κ1) is 24.6. The second-order valence-electron chi connectivity index (χ2n) is 5.93. The first-order chi connectivity index (χ1) is 14.1. The normalized spacial score (nSPS) is 12.4. The lowest BCUT2D eigenvalue weighted by atomic mass is 9.97. The summed E-state index contributed by atoms with van der Waals surface area (Å²) < 4.78 is 121. The van der Waals surface area contributed by atoms with Gasteiger partial charge in [0.2, 0.25) is 0 Å². The largest absolute Gasteiger partial charge is 0.433 e. The molecule has 0 aliphatic heterocycles. The van der Waals surface area contributed by atoms with Crippen LogP contribution in [0.25, 0.3) is 0 Å². The third-order valence-electron chi connectivity index (χ3n) is 3.79. The molecular formula is C17H10BrF9N2O2. The summed E-state index contributed by atoms with van der Waals surface area (Å²) in [6.07, 6.45) is -11.6. The minimum absolute atomic E-state index is 0.0634. The van der Waals surface area contributed by atoms with Gasteiger partial charge in [-0.3, -0.25) is 4.79 Å². The average molecular weight is 525 g/mol. The smallest absolute Gasteiger partial charge is 0.404 e. The Labute approximate surface area is 176 Å². The molecule has 0 atom stereocenters. The van der Waals surface area contributed by atoms with E-state index in [0.717, 1.165) is 12.1 Å². The van der Waals surface area contributed by atoms with Crippen LogP contribution in [-0.4, -0.2) is 24.9 Å². The van der Waals surface area contributed by atoms with Gasteiger partial charge in [0.15, 0.2) is 17.5 Å². The van der Waals surface area contributed by atoms with Gasteiger partial charge in [-0.15, -0.1) is 0 Å². The number of ether oxygens (including phenoxy) is 1. The number of nitrogens with two attached hydrogens (primary N) is 1. The van der Waals surface area contributed by atoms with Gasteiger partial charge in [-0.1, -0.05) is 6.07 Å². The van der Waals surface area contributed by atoms with Gasteiger partial charge in [-0.05, 0) is 45.8 Å². The molecule has 31 heavy (non-hydrogen) atoms. The van der Waals surface area contributed by atoms with Crippen molar-refractivity contribution >= 4 is 33.2 Å². The average Bonchev–Trinajstić information content (AvgIpc) is 2.57. The number of hydrogen-bond donors (Lipinski definition) is 2. The van der Waals surface area contributed by atoms with Crippen molar-refractivity contribution in [2.45, 2.75) is 24.9 Å². The number of halogens is 10. The summed E-state index contributed by atoms with van der Waals surface area (Å²) >= 11 is 2.63. The summed E-state index contributed by atoms with van der Waals surface area (Å²) in [5, 5.41) is 1.91. The monoisotopic (exact) mass is 524 g/mol. The molecule has 0 bridgehead atoms. The van der Waals surface area contributed by atoms with E-state index in [0.29, 0.717) is 6.07 Å². The third-order valence-corrected chi connectivity index (χ3v) is 4.42. The molecule has 0 fully saturated rings. The molecule has 170 valence electrons. The molecule has 2 rings (SSSR count). The van der Waals surface area contributed by atoms with Gasteiger partial charge in [0.25, 0.3) is 5.91 Å². The highest BCUT2D eigenvalue weighted by molar-refractivity contribution is 9.10. The summed E-state index contributed by atoms with van der Waals surface area (Å²) in [4.78, 5) is 12.3. The van der Waals surface area contributed by atoms with Crippen LogP contribution in [0, 0.1) is 5.82 Å². The Bertz CT molecular complexity index is 963. The van der Waals surface area contributed by atoms with Crippen molar-refractivity contribution in [3.8, 4) is 5.75 Å². The second-order valence-corrected chi connectivity index (χ2v) is 6.79. The maximum atomic E-state index is 14.0. The number of carbonyl (C=O) groups is 1. The topological polar surface area (TPSA) is 64.4 Å². The van der Waals surface area contributed by atoms with Crippen molar-refractivity contribution in [1.29, 1.82) is 0 Å². The molecule has 0 saturated heterocycles. The number of carbonyl (C=O) groups excluding carboxylic acids is 1. The third kappa shape index (κ3) is 5.74. The molecule has 0 aliphatic carbocycles. The van der Waals surface area contributed by atoms with Crippen molar-refractivity contribution in [3.05, 3.63) is 51.7 Å². The Hall–Kier alpha value is -2.64. The molecule has 0 radical (unpaired) electrons. The van der Waals surface area contributed by atoms with Crippen LogP contribution in [0.2, 0.25) is 0 Å². The lowest BCUT2D eigenvalue weighted by molar-refractivity contribution is -0.253. The second kappa shape index (κ2) is 8.85. The van der Waals surface area contributed by atoms with Crippen molar-refractivity contribution in [3.63, 3.8) is 0 Å². The minimum atomic E-state index is -5.81. The van der Waals surface area contributed by atoms with Gasteiger partial charge in [0, 0.05) is 4.47 Å². The van der Waals surface area contributed by atoms with Crippen molar-refractivity contribution in [2.75, 3.05) is 11.1 Å². The van der Waals surface area contributed by atoms with Gasteiger partial charge in [-0.2, -0.15) is 35.1 Å². The van der Waals surface area contributed by atoms with Gasteiger partial charge >= 0.3 is 19.0 Å². The molecule has 2 aromatic carbocycles. The van der Waals surface area contributed by atoms with Crippen molar-refractivity contribution < 1.29 is 49.0 Å². The molecule has 0 spiro atoms. The number of nitrogen functional groups attached to an aromatic ring is 1. The predicted octanol–water partition coefficient (Wildman–Crippen LogP) is 6.23. The summed E-state index contributed by atoms with van der Waals surface area (Å²) in [5.74, 6) is -7.69. The number of nitrogens with one attached hydrogen (secondary N) is 1. The van der Waals surface area contributed by atoms with E-state index >= 15 is 0 Å². The Morgan fingerprint density at radius 3 is 2.16 bits per heavy atom.